The SMILES string of the molecule is O=C(c1cnccn1)N1C[C@H]2COC[C@@H]1CN(c1ncc(Cl)cc1F)C2. The van der Waals surface area contributed by atoms with Gasteiger partial charge < -0.3 is 14.5 Å². The van der Waals surface area contributed by atoms with Crippen LogP contribution in [0.25, 0.3) is 0 Å². The van der Waals surface area contributed by atoms with E-state index in [1.54, 1.807) is 4.90 Å². The van der Waals surface area contributed by atoms with Crippen LogP contribution in [-0.2, 0) is 4.74 Å². The lowest BCUT2D eigenvalue weighted by molar-refractivity contribution is 0.0606. The van der Waals surface area contributed by atoms with Crippen molar-refractivity contribution in [2.24, 2.45) is 5.92 Å². The number of fused-ring (bicyclic) bond motifs is 3. The quantitative estimate of drug-likeness (QED) is 0.792. The zero-order valence-electron chi connectivity index (χ0n) is 13.9. The van der Waals surface area contributed by atoms with Crippen molar-refractivity contribution < 1.29 is 13.9 Å². The van der Waals surface area contributed by atoms with Gasteiger partial charge in [0.05, 0.1) is 30.5 Å². The first-order valence-electron chi connectivity index (χ1n) is 8.32. The van der Waals surface area contributed by atoms with E-state index in [4.69, 9.17) is 16.3 Å². The van der Waals surface area contributed by atoms with E-state index in [1.165, 1.54) is 30.9 Å². The van der Waals surface area contributed by atoms with E-state index in [2.05, 4.69) is 15.0 Å². The molecule has 9 heteroatoms. The second kappa shape index (κ2) is 7.13. The molecule has 2 aliphatic rings. The topological polar surface area (TPSA) is 71.5 Å². The molecule has 7 nitrogen and oxygen atoms in total. The van der Waals surface area contributed by atoms with Crippen LogP contribution in [0.4, 0.5) is 10.2 Å². The van der Waals surface area contributed by atoms with E-state index in [9.17, 15) is 9.18 Å². The van der Waals surface area contributed by atoms with Crippen LogP contribution in [-0.4, -0.2) is 64.6 Å². The van der Waals surface area contributed by atoms with Gasteiger partial charge in [-0.3, -0.25) is 9.78 Å². The van der Waals surface area contributed by atoms with Crippen LogP contribution in [0.1, 0.15) is 10.5 Å². The van der Waals surface area contributed by atoms with Gasteiger partial charge in [0.2, 0.25) is 0 Å². The second-order valence-corrected chi connectivity index (χ2v) is 6.91. The van der Waals surface area contributed by atoms with Gasteiger partial charge in [0.1, 0.15) is 5.69 Å². The van der Waals surface area contributed by atoms with Crippen LogP contribution < -0.4 is 4.90 Å². The number of hydrogen-bond acceptors (Lipinski definition) is 6. The molecule has 0 aromatic carbocycles. The molecule has 4 heterocycles. The van der Waals surface area contributed by atoms with E-state index in [0.717, 1.165) is 0 Å². The van der Waals surface area contributed by atoms with E-state index in [-0.39, 0.29) is 28.7 Å². The van der Waals surface area contributed by atoms with Gasteiger partial charge in [0, 0.05) is 44.1 Å². The molecule has 0 aliphatic carbocycles. The standard InChI is InChI=1S/C17H17ClFN5O2/c18-12-3-14(19)16(22-4-12)23-6-11-7-24(13(8-23)10-26-9-11)17(25)15-5-20-1-2-21-15/h1-5,11,13H,6-10H2/t11-,13-/m0/s1. The maximum atomic E-state index is 14.3. The molecule has 1 amide bonds. The number of amides is 1. The van der Waals surface area contributed by atoms with E-state index in [1.807, 2.05) is 4.90 Å². The number of hydrogen-bond donors (Lipinski definition) is 0. The predicted molar refractivity (Wildman–Crippen MR) is 92.6 cm³/mol. The lowest BCUT2D eigenvalue weighted by atomic mass is 10.1. The first-order valence-corrected chi connectivity index (χ1v) is 8.70. The summed E-state index contributed by atoms with van der Waals surface area (Å²) in [6.45, 7) is 2.38. The Morgan fingerprint density at radius 2 is 2.08 bits per heavy atom. The number of carbonyl (C=O) groups is 1. The monoisotopic (exact) mass is 377 g/mol. The number of pyridine rings is 1. The third-order valence-corrected chi connectivity index (χ3v) is 4.81. The fourth-order valence-corrected chi connectivity index (χ4v) is 3.61. The van der Waals surface area contributed by atoms with Gasteiger partial charge in [-0.2, -0.15) is 0 Å². The van der Waals surface area contributed by atoms with Gasteiger partial charge in [-0.25, -0.2) is 14.4 Å². The third-order valence-electron chi connectivity index (χ3n) is 4.60. The van der Waals surface area contributed by atoms with Gasteiger partial charge in [-0.1, -0.05) is 11.6 Å². The van der Waals surface area contributed by atoms with Crippen molar-refractivity contribution in [2.45, 2.75) is 6.04 Å². The fraction of sp³-hybridized carbons (Fsp3) is 0.412. The smallest absolute Gasteiger partial charge is 0.274 e. The van der Waals surface area contributed by atoms with Crippen molar-refractivity contribution in [3.05, 3.63) is 47.4 Å². The molecule has 2 saturated heterocycles. The largest absolute Gasteiger partial charge is 0.379 e. The van der Waals surface area contributed by atoms with E-state index < -0.39 is 5.82 Å². The molecular weight excluding hydrogens is 361 g/mol. The zero-order chi connectivity index (χ0) is 18.1. The average Bonchev–Trinajstić information content (AvgIpc) is 2.93. The highest BCUT2D eigenvalue weighted by Gasteiger charge is 2.37. The summed E-state index contributed by atoms with van der Waals surface area (Å²) in [6, 6.07) is 1.03. The van der Waals surface area contributed by atoms with E-state index >= 15 is 0 Å². The minimum Gasteiger partial charge on any atom is -0.379 e. The van der Waals surface area contributed by atoms with Gasteiger partial charge in [0.25, 0.3) is 5.91 Å². The summed E-state index contributed by atoms with van der Waals surface area (Å²) in [5.74, 6) is -0.365. The summed E-state index contributed by atoms with van der Waals surface area (Å²) in [7, 11) is 0. The molecule has 136 valence electrons. The Morgan fingerprint density at radius 3 is 2.85 bits per heavy atom. The van der Waals surface area contributed by atoms with Crippen molar-refractivity contribution in [3.63, 3.8) is 0 Å². The maximum absolute atomic E-state index is 14.3. The van der Waals surface area contributed by atoms with Crippen molar-refractivity contribution in [1.82, 2.24) is 19.9 Å². The molecule has 2 bridgehead atoms. The highest BCUT2D eigenvalue weighted by atomic mass is 35.5. The number of nitrogens with zero attached hydrogens (tertiary/aromatic N) is 5. The van der Waals surface area contributed by atoms with Gasteiger partial charge in [-0.05, 0) is 6.07 Å². The van der Waals surface area contributed by atoms with Crippen molar-refractivity contribution in [1.29, 1.82) is 0 Å². The Bertz CT molecular complexity index is 809. The summed E-state index contributed by atoms with van der Waals surface area (Å²) < 4.78 is 20.1. The minimum absolute atomic E-state index is 0.0417. The Morgan fingerprint density at radius 1 is 1.19 bits per heavy atom. The second-order valence-electron chi connectivity index (χ2n) is 6.47. The lowest BCUT2D eigenvalue weighted by Gasteiger charge is -2.31. The number of carbonyl (C=O) groups excluding carboxylic acids is 1. The Balaban J connectivity index is 1.62. The first kappa shape index (κ1) is 17.1. The van der Waals surface area contributed by atoms with Crippen LogP contribution in [0.2, 0.25) is 5.02 Å². The summed E-state index contributed by atoms with van der Waals surface area (Å²) >= 11 is 5.81. The maximum Gasteiger partial charge on any atom is 0.274 e. The Hall–Kier alpha value is -2.32. The molecule has 2 aromatic heterocycles. The molecule has 4 rings (SSSR count). The number of rotatable bonds is 2. The van der Waals surface area contributed by atoms with Crippen molar-refractivity contribution >= 4 is 23.3 Å². The van der Waals surface area contributed by atoms with Crippen molar-refractivity contribution in [2.75, 3.05) is 37.7 Å². The van der Waals surface area contributed by atoms with Crippen LogP contribution >= 0.6 is 11.6 Å². The summed E-state index contributed by atoms with van der Waals surface area (Å²) in [5.41, 5.74) is 0.294. The van der Waals surface area contributed by atoms with Crippen LogP contribution in [0.5, 0.6) is 0 Å². The number of halogens is 2. The van der Waals surface area contributed by atoms with Gasteiger partial charge >= 0.3 is 0 Å². The van der Waals surface area contributed by atoms with Gasteiger partial charge in [0.15, 0.2) is 11.6 Å². The molecule has 2 atom stereocenters. The average molecular weight is 378 g/mol. The molecule has 2 aliphatic heterocycles. The number of aromatic nitrogens is 3. The molecule has 26 heavy (non-hydrogen) atoms. The lowest BCUT2D eigenvalue weighted by Crippen LogP contribution is -2.47. The van der Waals surface area contributed by atoms with E-state index in [0.29, 0.717) is 38.5 Å². The van der Waals surface area contributed by atoms with Gasteiger partial charge in [-0.15, -0.1) is 0 Å². The number of ether oxygens (including phenoxy) is 1. The van der Waals surface area contributed by atoms with Crippen LogP contribution in [0, 0.1) is 11.7 Å². The molecule has 0 unspecified atom stereocenters. The molecule has 0 radical (unpaired) electrons. The van der Waals surface area contributed by atoms with Crippen molar-refractivity contribution in [3.8, 4) is 0 Å². The molecule has 0 saturated carbocycles. The predicted octanol–water partition coefficient (Wildman–Crippen LogP) is 1.64. The minimum atomic E-state index is -0.467. The summed E-state index contributed by atoms with van der Waals surface area (Å²) in [6.07, 6.45) is 5.90. The molecule has 0 N–H and O–H groups in total. The van der Waals surface area contributed by atoms with Crippen LogP contribution in [0.3, 0.4) is 0 Å². The molecule has 0 spiro atoms. The molecule has 2 fully saturated rings. The van der Waals surface area contributed by atoms with Crippen LogP contribution in [0.15, 0.2) is 30.9 Å². The Labute approximate surface area is 154 Å². The summed E-state index contributed by atoms with van der Waals surface area (Å²) in [4.78, 5) is 28.7. The summed E-state index contributed by atoms with van der Waals surface area (Å²) in [5, 5.41) is 0.254. The zero-order valence-corrected chi connectivity index (χ0v) is 14.6. The Kier molecular flexibility index (Phi) is 4.69. The highest BCUT2D eigenvalue weighted by molar-refractivity contribution is 6.30. The molecular formula is C17H17ClFN5O2. The third kappa shape index (κ3) is 3.34. The highest BCUT2D eigenvalue weighted by Crippen LogP contribution is 2.27. The molecule has 2 aromatic rings. The first-order chi connectivity index (χ1) is 12.6. The fourth-order valence-electron chi connectivity index (χ4n) is 3.46. The number of anilines is 1. The normalized spacial score (nSPS) is 22.8.